The SMILES string of the molecule is CCOCCN1C[C@@H]2C[C@H](C1)c1cc(-c3cc(N)ncn3)cc(=O)n1C2. The van der Waals surface area contributed by atoms with Gasteiger partial charge in [0.15, 0.2) is 0 Å². The molecule has 2 atom stereocenters. The molecule has 0 aliphatic carbocycles. The number of nitrogens with two attached hydrogens (primary N) is 1. The minimum atomic E-state index is 0.0483. The smallest absolute Gasteiger partial charge is 0.251 e. The first kappa shape index (κ1) is 17.2. The summed E-state index contributed by atoms with van der Waals surface area (Å²) < 4.78 is 7.46. The van der Waals surface area contributed by atoms with Gasteiger partial charge in [0, 0.05) is 62.1 Å². The van der Waals surface area contributed by atoms with Crippen molar-refractivity contribution in [2.24, 2.45) is 5.92 Å². The summed E-state index contributed by atoms with van der Waals surface area (Å²) in [6.07, 6.45) is 2.58. The third-order valence-electron chi connectivity index (χ3n) is 5.37. The quantitative estimate of drug-likeness (QED) is 0.815. The van der Waals surface area contributed by atoms with Crippen molar-refractivity contribution in [1.29, 1.82) is 0 Å². The molecule has 0 unspecified atom stereocenters. The van der Waals surface area contributed by atoms with Crippen LogP contribution >= 0.6 is 0 Å². The lowest BCUT2D eigenvalue weighted by Crippen LogP contribution is -2.47. The molecule has 1 saturated heterocycles. The molecule has 1 fully saturated rings. The fourth-order valence-electron chi connectivity index (χ4n) is 4.26. The molecule has 0 aromatic carbocycles. The van der Waals surface area contributed by atoms with E-state index in [1.165, 1.54) is 6.33 Å². The first-order valence-electron chi connectivity index (χ1n) is 9.26. The Morgan fingerprint density at radius 3 is 2.92 bits per heavy atom. The van der Waals surface area contributed by atoms with Gasteiger partial charge in [-0.3, -0.25) is 4.79 Å². The molecular weight excluding hydrogens is 330 g/mol. The fraction of sp³-hybridized carbons (Fsp3) is 0.526. The Balaban J connectivity index is 1.64. The van der Waals surface area contributed by atoms with Crippen LogP contribution < -0.4 is 11.3 Å². The number of piperidine rings is 1. The number of ether oxygens (including phenoxy) is 1. The van der Waals surface area contributed by atoms with Crippen LogP contribution in [0.5, 0.6) is 0 Å². The number of anilines is 1. The number of pyridine rings is 1. The maximum Gasteiger partial charge on any atom is 0.251 e. The Hall–Kier alpha value is -2.25. The predicted octanol–water partition coefficient (Wildman–Crippen LogP) is 1.34. The number of hydrogen-bond donors (Lipinski definition) is 1. The highest BCUT2D eigenvalue weighted by Crippen LogP contribution is 2.36. The third kappa shape index (κ3) is 3.37. The van der Waals surface area contributed by atoms with E-state index in [-0.39, 0.29) is 5.56 Å². The van der Waals surface area contributed by atoms with Crippen molar-refractivity contribution in [2.45, 2.75) is 25.8 Å². The number of nitrogen functional groups attached to an aromatic ring is 1. The molecule has 4 rings (SSSR count). The van der Waals surface area contributed by atoms with Crippen molar-refractivity contribution < 1.29 is 4.74 Å². The standard InChI is InChI=1S/C19H25N5O2/c1-2-26-4-3-23-9-13-5-15(11-23)17-6-14(7-19(25)24(17)10-13)16-8-18(20)22-12-21-16/h6-8,12-13,15H,2-5,9-11H2,1H3,(H2,20,21,22)/t13-,15+/m0/s1. The van der Waals surface area contributed by atoms with Crippen LogP contribution in [0.25, 0.3) is 11.3 Å². The summed E-state index contributed by atoms with van der Waals surface area (Å²) in [5, 5.41) is 0. The van der Waals surface area contributed by atoms with E-state index in [9.17, 15) is 4.79 Å². The van der Waals surface area contributed by atoms with E-state index in [1.807, 2.05) is 11.5 Å². The Morgan fingerprint density at radius 2 is 2.12 bits per heavy atom. The van der Waals surface area contributed by atoms with Crippen LogP contribution in [-0.4, -0.2) is 52.3 Å². The zero-order chi connectivity index (χ0) is 18.1. The first-order valence-corrected chi connectivity index (χ1v) is 9.26. The van der Waals surface area contributed by atoms with Crippen LogP contribution in [0, 0.1) is 5.92 Å². The summed E-state index contributed by atoms with van der Waals surface area (Å²) in [7, 11) is 0. The van der Waals surface area contributed by atoms with Gasteiger partial charge in [-0.05, 0) is 25.3 Å². The van der Waals surface area contributed by atoms with Crippen molar-refractivity contribution in [1.82, 2.24) is 19.4 Å². The van der Waals surface area contributed by atoms with Gasteiger partial charge in [-0.15, -0.1) is 0 Å². The van der Waals surface area contributed by atoms with Gasteiger partial charge in [0.05, 0.1) is 12.3 Å². The maximum absolute atomic E-state index is 12.7. The Kier molecular flexibility index (Phi) is 4.74. The van der Waals surface area contributed by atoms with E-state index in [0.717, 1.165) is 57.1 Å². The normalized spacial score (nSPS) is 22.2. The van der Waals surface area contributed by atoms with E-state index < -0.39 is 0 Å². The Labute approximate surface area is 152 Å². The lowest BCUT2D eigenvalue weighted by atomic mass is 9.82. The molecule has 2 aliphatic heterocycles. The molecule has 2 aliphatic rings. The van der Waals surface area contributed by atoms with Crippen LogP contribution in [-0.2, 0) is 11.3 Å². The molecule has 0 spiro atoms. The predicted molar refractivity (Wildman–Crippen MR) is 99.9 cm³/mol. The van der Waals surface area contributed by atoms with Crippen molar-refractivity contribution in [2.75, 3.05) is 38.6 Å². The molecule has 7 heteroatoms. The largest absolute Gasteiger partial charge is 0.384 e. The number of hydrogen-bond acceptors (Lipinski definition) is 6. The van der Waals surface area contributed by atoms with Gasteiger partial charge < -0.3 is 19.9 Å². The number of aromatic nitrogens is 3. The average molecular weight is 355 g/mol. The van der Waals surface area contributed by atoms with Gasteiger partial charge in [-0.25, -0.2) is 9.97 Å². The number of fused-ring (bicyclic) bond motifs is 4. The summed E-state index contributed by atoms with van der Waals surface area (Å²) in [6.45, 7) is 7.30. The number of likely N-dealkylation sites (tertiary alicyclic amines) is 1. The molecule has 2 bridgehead atoms. The van der Waals surface area contributed by atoms with Gasteiger partial charge in [-0.1, -0.05) is 0 Å². The van der Waals surface area contributed by atoms with Crippen molar-refractivity contribution >= 4 is 5.82 Å². The molecule has 4 heterocycles. The lowest BCUT2D eigenvalue weighted by molar-refractivity contribution is 0.0717. The summed E-state index contributed by atoms with van der Waals surface area (Å²) in [6, 6.07) is 5.49. The molecule has 2 aromatic rings. The lowest BCUT2D eigenvalue weighted by Gasteiger charge is -2.43. The monoisotopic (exact) mass is 355 g/mol. The van der Waals surface area contributed by atoms with E-state index in [4.69, 9.17) is 10.5 Å². The van der Waals surface area contributed by atoms with Gasteiger partial charge in [0.25, 0.3) is 5.56 Å². The molecule has 0 amide bonds. The summed E-state index contributed by atoms with van der Waals surface area (Å²) in [5.74, 6) is 1.31. The van der Waals surface area contributed by atoms with Gasteiger partial charge in [0.1, 0.15) is 12.1 Å². The van der Waals surface area contributed by atoms with Gasteiger partial charge >= 0.3 is 0 Å². The van der Waals surface area contributed by atoms with Crippen LogP contribution in [0.15, 0.2) is 29.3 Å². The van der Waals surface area contributed by atoms with Crippen LogP contribution in [0.2, 0.25) is 0 Å². The van der Waals surface area contributed by atoms with E-state index in [2.05, 4.69) is 20.9 Å². The summed E-state index contributed by atoms with van der Waals surface area (Å²) >= 11 is 0. The molecule has 2 aromatic heterocycles. The van der Waals surface area contributed by atoms with Crippen LogP contribution in [0.4, 0.5) is 5.82 Å². The second-order valence-electron chi connectivity index (χ2n) is 7.20. The topological polar surface area (TPSA) is 86.3 Å². The molecule has 2 N–H and O–H groups in total. The minimum absolute atomic E-state index is 0.0483. The fourth-order valence-corrected chi connectivity index (χ4v) is 4.26. The zero-order valence-electron chi connectivity index (χ0n) is 15.1. The minimum Gasteiger partial charge on any atom is -0.384 e. The second-order valence-corrected chi connectivity index (χ2v) is 7.20. The zero-order valence-corrected chi connectivity index (χ0v) is 15.1. The van der Waals surface area contributed by atoms with Crippen molar-refractivity contribution in [3.05, 3.63) is 40.6 Å². The Morgan fingerprint density at radius 1 is 1.23 bits per heavy atom. The van der Waals surface area contributed by atoms with Crippen LogP contribution in [0.3, 0.4) is 0 Å². The summed E-state index contributed by atoms with van der Waals surface area (Å²) in [4.78, 5) is 23.4. The van der Waals surface area contributed by atoms with Crippen molar-refractivity contribution in [3.8, 4) is 11.3 Å². The van der Waals surface area contributed by atoms with E-state index >= 15 is 0 Å². The van der Waals surface area contributed by atoms with Gasteiger partial charge in [0.2, 0.25) is 0 Å². The molecule has 0 saturated carbocycles. The molecule has 138 valence electrons. The third-order valence-corrected chi connectivity index (χ3v) is 5.37. The maximum atomic E-state index is 12.7. The van der Waals surface area contributed by atoms with Crippen molar-refractivity contribution in [3.63, 3.8) is 0 Å². The summed E-state index contributed by atoms with van der Waals surface area (Å²) in [5.41, 5.74) is 8.45. The molecule has 26 heavy (non-hydrogen) atoms. The van der Waals surface area contributed by atoms with E-state index in [0.29, 0.717) is 23.3 Å². The number of nitrogens with zero attached hydrogens (tertiary/aromatic N) is 4. The van der Waals surface area contributed by atoms with Crippen LogP contribution in [0.1, 0.15) is 25.0 Å². The van der Waals surface area contributed by atoms with E-state index in [1.54, 1.807) is 12.1 Å². The highest BCUT2D eigenvalue weighted by Gasteiger charge is 2.34. The Bertz CT molecular complexity index is 850. The average Bonchev–Trinajstić information content (AvgIpc) is 2.63. The molecular formula is C19H25N5O2. The second kappa shape index (κ2) is 7.17. The molecule has 0 radical (unpaired) electrons. The molecule has 7 nitrogen and oxygen atoms in total. The first-order chi connectivity index (χ1) is 12.6. The number of rotatable bonds is 5. The highest BCUT2D eigenvalue weighted by molar-refractivity contribution is 5.61. The van der Waals surface area contributed by atoms with Gasteiger partial charge in [-0.2, -0.15) is 0 Å². The highest BCUT2D eigenvalue weighted by atomic mass is 16.5.